The summed E-state index contributed by atoms with van der Waals surface area (Å²) in [5.74, 6) is 2.22. The van der Waals surface area contributed by atoms with Crippen molar-refractivity contribution in [3.8, 4) is 0 Å². The van der Waals surface area contributed by atoms with Crippen LogP contribution in [0.25, 0.3) is 0 Å². The minimum atomic E-state index is -0.422. The smallest absolute Gasteiger partial charge is 0.245 e. The summed E-state index contributed by atoms with van der Waals surface area (Å²) >= 11 is 0. The number of fused-ring (bicyclic) bond motifs is 2. The Bertz CT molecular complexity index is 406. The molecule has 2 bridgehead atoms. The first-order valence-electron chi connectivity index (χ1n) is 8.29. The van der Waals surface area contributed by atoms with Gasteiger partial charge in [0.05, 0.1) is 13.2 Å². The molecule has 5 nitrogen and oxygen atoms in total. The van der Waals surface area contributed by atoms with Crippen LogP contribution in [-0.2, 0) is 14.3 Å². The van der Waals surface area contributed by atoms with Crippen LogP contribution in [0.4, 0.5) is 0 Å². The SMILES string of the molecule is CC(NC(=O)CC1CC2CCC1C2)C(=O)N1CCOCC1. The maximum Gasteiger partial charge on any atom is 0.245 e. The largest absolute Gasteiger partial charge is 0.378 e. The Balaban J connectivity index is 1.44. The first-order valence-corrected chi connectivity index (χ1v) is 8.29. The molecule has 1 heterocycles. The molecule has 1 saturated heterocycles. The fraction of sp³-hybridized carbons (Fsp3) is 0.875. The molecule has 1 aliphatic heterocycles. The Kier molecular flexibility index (Phi) is 4.48. The summed E-state index contributed by atoms with van der Waals surface area (Å²) in [6, 6.07) is -0.422. The third kappa shape index (κ3) is 3.39. The maximum absolute atomic E-state index is 12.3. The number of carbonyl (C=O) groups is 2. The standard InChI is InChI=1S/C16H26N2O3/c1-11(16(20)18-4-6-21-7-5-18)17-15(19)10-14-9-12-2-3-13(14)8-12/h11-14H,2-10H2,1H3,(H,17,19). The van der Waals surface area contributed by atoms with Crippen molar-refractivity contribution in [1.82, 2.24) is 10.2 Å². The Hall–Kier alpha value is -1.10. The average Bonchev–Trinajstić information content (AvgIpc) is 3.09. The quantitative estimate of drug-likeness (QED) is 0.847. The normalized spacial score (nSPS) is 33.0. The van der Waals surface area contributed by atoms with E-state index in [4.69, 9.17) is 4.74 Å². The first-order chi connectivity index (χ1) is 10.1. The lowest BCUT2D eigenvalue weighted by Gasteiger charge is -2.29. The third-order valence-electron chi connectivity index (χ3n) is 5.40. The van der Waals surface area contributed by atoms with Crippen molar-refractivity contribution in [2.24, 2.45) is 17.8 Å². The Labute approximate surface area is 126 Å². The van der Waals surface area contributed by atoms with E-state index >= 15 is 0 Å². The zero-order valence-electron chi connectivity index (χ0n) is 12.8. The van der Waals surface area contributed by atoms with E-state index in [1.54, 1.807) is 11.8 Å². The summed E-state index contributed by atoms with van der Waals surface area (Å²) in [6.45, 7) is 4.24. The van der Waals surface area contributed by atoms with E-state index in [-0.39, 0.29) is 11.8 Å². The van der Waals surface area contributed by atoms with E-state index in [1.165, 1.54) is 25.7 Å². The van der Waals surface area contributed by atoms with Crippen LogP contribution in [0.3, 0.4) is 0 Å². The molecule has 0 aromatic carbocycles. The van der Waals surface area contributed by atoms with Gasteiger partial charge < -0.3 is 15.0 Å². The van der Waals surface area contributed by atoms with Gasteiger partial charge in [0.2, 0.25) is 11.8 Å². The van der Waals surface area contributed by atoms with Crippen LogP contribution in [0, 0.1) is 17.8 Å². The van der Waals surface area contributed by atoms with E-state index in [9.17, 15) is 9.59 Å². The first kappa shape index (κ1) is 14.8. The molecule has 0 aromatic heterocycles. The van der Waals surface area contributed by atoms with Gasteiger partial charge in [-0.05, 0) is 43.9 Å². The number of nitrogens with one attached hydrogen (secondary N) is 1. The molecule has 3 rings (SSSR count). The number of hydrogen-bond acceptors (Lipinski definition) is 3. The van der Waals surface area contributed by atoms with Gasteiger partial charge in [0.25, 0.3) is 0 Å². The van der Waals surface area contributed by atoms with Crippen LogP contribution in [0.5, 0.6) is 0 Å². The third-order valence-corrected chi connectivity index (χ3v) is 5.40. The lowest BCUT2D eigenvalue weighted by Crippen LogP contribution is -2.50. The molecule has 5 heteroatoms. The molecule has 3 fully saturated rings. The minimum Gasteiger partial charge on any atom is -0.378 e. The molecular weight excluding hydrogens is 268 g/mol. The van der Waals surface area contributed by atoms with Crippen molar-refractivity contribution in [2.45, 2.75) is 45.1 Å². The molecule has 118 valence electrons. The van der Waals surface area contributed by atoms with Crippen LogP contribution in [-0.4, -0.2) is 49.1 Å². The zero-order chi connectivity index (χ0) is 14.8. The highest BCUT2D eigenvalue weighted by Crippen LogP contribution is 2.49. The van der Waals surface area contributed by atoms with Gasteiger partial charge in [-0.2, -0.15) is 0 Å². The minimum absolute atomic E-state index is 0.0135. The van der Waals surface area contributed by atoms with Gasteiger partial charge in [0, 0.05) is 19.5 Å². The second-order valence-electron chi connectivity index (χ2n) is 6.87. The fourth-order valence-electron chi connectivity index (χ4n) is 4.28. The maximum atomic E-state index is 12.3. The van der Waals surface area contributed by atoms with Crippen LogP contribution < -0.4 is 5.32 Å². The van der Waals surface area contributed by atoms with E-state index in [2.05, 4.69) is 5.32 Å². The molecule has 21 heavy (non-hydrogen) atoms. The summed E-state index contributed by atoms with van der Waals surface area (Å²) < 4.78 is 5.25. The summed E-state index contributed by atoms with van der Waals surface area (Å²) in [5.41, 5.74) is 0. The van der Waals surface area contributed by atoms with Crippen LogP contribution in [0.15, 0.2) is 0 Å². The van der Waals surface area contributed by atoms with Gasteiger partial charge in [-0.3, -0.25) is 9.59 Å². The van der Waals surface area contributed by atoms with E-state index in [0.717, 1.165) is 11.8 Å². The predicted octanol–water partition coefficient (Wildman–Crippen LogP) is 1.18. The molecule has 0 aromatic rings. The lowest BCUT2D eigenvalue weighted by atomic mass is 9.86. The highest BCUT2D eigenvalue weighted by molar-refractivity contribution is 5.87. The summed E-state index contributed by atoms with van der Waals surface area (Å²) in [6.07, 6.45) is 5.78. The van der Waals surface area contributed by atoms with Crippen molar-refractivity contribution in [3.05, 3.63) is 0 Å². The van der Waals surface area contributed by atoms with Crippen molar-refractivity contribution < 1.29 is 14.3 Å². The molecule has 0 radical (unpaired) electrons. The van der Waals surface area contributed by atoms with E-state index < -0.39 is 6.04 Å². The van der Waals surface area contributed by atoms with Crippen LogP contribution >= 0.6 is 0 Å². The molecule has 4 atom stereocenters. The van der Waals surface area contributed by atoms with Gasteiger partial charge in [0.1, 0.15) is 6.04 Å². The lowest BCUT2D eigenvalue weighted by molar-refractivity contribution is -0.139. The number of carbonyl (C=O) groups excluding carboxylic acids is 2. The Morgan fingerprint density at radius 2 is 2.00 bits per heavy atom. The number of ether oxygens (including phenoxy) is 1. The zero-order valence-corrected chi connectivity index (χ0v) is 12.8. The monoisotopic (exact) mass is 294 g/mol. The topological polar surface area (TPSA) is 58.6 Å². The second kappa shape index (κ2) is 6.34. The van der Waals surface area contributed by atoms with Crippen molar-refractivity contribution >= 4 is 11.8 Å². The number of morpholine rings is 1. The van der Waals surface area contributed by atoms with Gasteiger partial charge >= 0.3 is 0 Å². The summed E-state index contributed by atoms with van der Waals surface area (Å²) in [7, 11) is 0. The number of hydrogen-bond donors (Lipinski definition) is 1. The van der Waals surface area contributed by atoms with E-state index in [1.807, 2.05) is 0 Å². The van der Waals surface area contributed by atoms with E-state index in [0.29, 0.717) is 38.6 Å². The second-order valence-corrected chi connectivity index (χ2v) is 6.87. The van der Waals surface area contributed by atoms with Gasteiger partial charge in [0.15, 0.2) is 0 Å². The Morgan fingerprint density at radius 3 is 2.62 bits per heavy atom. The highest BCUT2D eigenvalue weighted by Gasteiger charge is 2.40. The molecule has 2 amide bonds. The number of nitrogens with zero attached hydrogens (tertiary/aromatic N) is 1. The number of rotatable bonds is 4. The molecular formula is C16H26N2O3. The molecule has 2 saturated carbocycles. The molecule has 1 N–H and O–H groups in total. The van der Waals surface area contributed by atoms with Gasteiger partial charge in [-0.25, -0.2) is 0 Å². The van der Waals surface area contributed by atoms with Crippen molar-refractivity contribution in [1.29, 1.82) is 0 Å². The molecule has 4 unspecified atom stereocenters. The molecule has 3 aliphatic rings. The Morgan fingerprint density at radius 1 is 1.24 bits per heavy atom. The van der Waals surface area contributed by atoms with Crippen LogP contribution in [0.1, 0.15) is 39.0 Å². The van der Waals surface area contributed by atoms with Crippen LogP contribution in [0.2, 0.25) is 0 Å². The number of amides is 2. The van der Waals surface area contributed by atoms with Gasteiger partial charge in [-0.15, -0.1) is 0 Å². The van der Waals surface area contributed by atoms with Crippen molar-refractivity contribution in [2.75, 3.05) is 26.3 Å². The summed E-state index contributed by atoms with van der Waals surface area (Å²) in [5, 5.41) is 2.89. The fourth-order valence-corrected chi connectivity index (χ4v) is 4.28. The predicted molar refractivity (Wildman–Crippen MR) is 78.6 cm³/mol. The molecule has 2 aliphatic carbocycles. The molecule has 0 spiro atoms. The highest BCUT2D eigenvalue weighted by atomic mass is 16.5. The van der Waals surface area contributed by atoms with Gasteiger partial charge in [-0.1, -0.05) is 6.42 Å². The average molecular weight is 294 g/mol. The summed E-state index contributed by atoms with van der Waals surface area (Å²) in [4.78, 5) is 26.2. The van der Waals surface area contributed by atoms with Crippen molar-refractivity contribution in [3.63, 3.8) is 0 Å².